The molecule has 1 aromatic carbocycles. The molecule has 0 bridgehead atoms. The van der Waals surface area contributed by atoms with E-state index in [-0.39, 0.29) is 27.7 Å². The molecule has 0 saturated heterocycles. The zero-order chi connectivity index (χ0) is 25.3. The number of tetrazole rings is 1. The summed E-state index contributed by atoms with van der Waals surface area (Å²) in [4.78, 5) is 48.1. The van der Waals surface area contributed by atoms with E-state index in [1.54, 1.807) is 0 Å². The number of ether oxygens (including phenoxy) is 1. The van der Waals surface area contributed by atoms with Gasteiger partial charge >= 0.3 is 12.1 Å². The number of alkyl carbamates (subject to hydrolysis) is 1. The smallest absolute Gasteiger partial charge is 0.407 e. The van der Waals surface area contributed by atoms with Crippen LogP contribution in [0.3, 0.4) is 0 Å². The molecule has 12 nitrogen and oxygen atoms in total. The number of carbonyl (C=O) groups excluding carboxylic acids is 3. The standard InChI is InChI=1S/C19H22Cl2N6O6S/c1-3-4-5-33-19(32)23-14(8-16(30)31)15(29)9-27-25-18(24-26-27)34-17-12(20)6-11(7-13(17)21)22-10(2)28/h6-7,14H,3-5,8-9H2,1-2H3,(H,22,28)(H,23,32)(H,30,31). The molecule has 1 unspecified atom stereocenters. The van der Waals surface area contributed by atoms with Crippen molar-refractivity contribution < 1.29 is 29.0 Å². The van der Waals surface area contributed by atoms with Crippen molar-refractivity contribution in [3.8, 4) is 0 Å². The van der Waals surface area contributed by atoms with Crippen LogP contribution in [0.15, 0.2) is 22.2 Å². The normalized spacial score (nSPS) is 11.5. The molecule has 0 spiro atoms. The Morgan fingerprint density at radius 2 is 1.91 bits per heavy atom. The Labute approximate surface area is 208 Å². The lowest BCUT2D eigenvalue weighted by atomic mass is 10.1. The number of carbonyl (C=O) groups is 4. The molecule has 1 atom stereocenters. The fourth-order valence-electron chi connectivity index (χ4n) is 2.52. The van der Waals surface area contributed by atoms with Crippen LogP contribution in [-0.4, -0.2) is 61.7 Å². The molecule has 0 saturated carbocycles. The van der Waals surface area contributed by atoms with Gasteiger partial charge in [0.1, 0.15) is 12.6 Å². The van der Waals surface area contributed by atoms with Crippen LogP contribution < -0.4 is 10.6 Å². The maximum atomic E-state index is 12.6. The molecule has 1 heterocycles. The number of anilines is 1. The molecule has 0 fully saturated rings. The lowest BCUT2D eigenvalue weighted by Crippen LogP contribution is -2.44. The zero-order valence-electron chi connectivity index (χ0n) is 18.2. The highest BCUT2D eigenvalue weighted by atomic mass is 35.5. The summed E-state index contributed by atoms with van der Waals surface area (Å²) >= 11 is 13.5. The molecule has 0 aliphatic heterocycles. The van der Waals surface area contributed by atoms with Crippen LogP contribution in [0.2, 0.25) is 10.0 Å². The van der Waals surface area contributed by atoms with E-state index in [0.29, 0.717) is 17.0 Å². The quantitative estimate of drug-likeness (QED) is 0.345. The van der Waals surface area contributed by atoms with Crippen LogP contribution in [0.5, 0.6) is 0 Å². The average Bonchev–Trinajstić information content (AvgIpc) is 3.16. The van der Waals surface area contributed by atoms with Crippen molar-refractivity contribution >= 4 is 64.4 Å². The SMILES string of the molecule is CCCCOC(=O)NC(CC(=O)O)C(=O)Cn1nnc(Sc2c(Cl)cc(NC(C)=O)cc2Cl)n1. The fourth-order valence-corrected chi connectivity index (χ4v) is 3.95. The number of ketones is 1. The molecule has 0 aliphatic carbocycles. The Balaban J connectivity index is 2.05. The number of rotatable bonds is 12. The molecule has 3 N–H and O–H groups in total. The number of unbranched alkanes of at least 4 members (excludes halogenated alkanes) is 1. The topological polar surface area (TPSA) is 165 Å². The first kappa shape index (κ1) is 27.3. The predicted octanol–water partition coefficient (Wildman–Crippen LogP) is 3.03. The number of aromatic nitrogens is 4. The van der Waals surface area contributed by atoms with Gasteiger partial charge in [0, 0.05) is 12.6 Å². The summed E-state index contributed by atoms with van der Waals surface area (Å²) in [5.41, 5.74) is 0.416. The molecule has 1 aromatic heterocycles. The lowest BCUT2D eigenvalue weighted by molar-refractivity contribution is -0.139. The zero-order valence-corrected chi connectivity index (χ0v) is 20.5. The van der Waals surface area contributed by atoms with Gasteiger partial charge in [-0.05, 0) is 35.5 Å². The van der Waals surface area contributed by atoms with E-state index >= 15 is 0 Å². The summed E-state index contributed by atoms with van der Waals surface area (Å²) < 4.78 is 4.92. The third kappa shape index (κ3) is 8.80. The van der Waals surface area contributed by atoms with E-state index in [1.165, 1.54) is 19.1 Å². The molecule has 15 heteroatoms. The second kappa shape index (κ2) is 13.1. The number of nitrogens with one attached hydrogen (secondary N) is 2. The second-order valence-corrected chi connectivity index (χ2v) is 8.70. The number of aliphatic carboxylic acids is 1. The largest absolute Gasteiger partial charge is 0.481 e. The molecule has 2 rings (SSSR count). The van der Waals surface area contributed by atoms with Crippen molar-refractivity contribution in [2.75, 3.05) is 11.9 Å². The van der Waals surface area contributed by atoms with Gasteiger partial charge < -0.3 is 20.5 Å². The number of nitrogens with zero attached hydrogens (tertiary/aromatic N) is 4. The van der Waals surface area contributed by atoms with Gasteiger partial charge in [-0.3, -0.25) is 14.4 Å². The van der Waals surface area contributed by atoms with Crippen molar-refractivity contribution in [2.24, 2.45) is 0 Å². The van der Waals surface area contributed by atoms with Gasteiger partial charge in [-0.15, -0.1) is 10.2 Å². The number of carboxylic acids is 1. The number of Topliss-reactive ketones (excluding diaryl/α,β-unsaturated/α-hetero) is 1. The highest BCUT2D eigenvalue weighted by Gasteiger charge is 2.25. The van der Waals surface area contributed by atoms with Gasteiger partial charge in [0.25, 0.3) is 0 Å². The maximum Gasteiger partial charge on any atom is 0.407 e. The Morgan fingerprint density at radius 1 is 1.24 bits per heavy atom. The van der Waals surface area contributed by atoms with E-state index < -0.39 is 36.9 Å². The number of amides is 2. The van der Waals surface area contributed by atoms with E-state index in [4.69, 9.17) is 33.0 Å². The second-order valence-electron chi connectivity index (χ2n) is 6.91. The van der Waals surface area contributed by atoms with E-state index in [2.05, 4.69) is 26.0 Å². The first-order chi connectivity index (χ1) is 16.1. The maximum absolute atomic E-state index is 12.6. The van der Waals surface area contributed by atoms with Gasteiger partial charge in [-0.2, -0.15) is 4.80 Å². The molecule has 2 amide bonds. The van der Waals surface area contributed by atoms with E-state index in [1.807, 2.05) is 6.92 Å². The summed E-state index contributed by atoms with van der Waals surface area (Å²) in [6.45, 7) is 2.97. The fraction of sp³-hybridized carbons (Fsp3) is 0.421. The monoisotopic (exact) mass is 532 g/mol. The third-order valence-corrected chi connectivity index (χ3v) is 5.84. The minimum atomic E-state index is -1.33. The van der Waals surface area contributed by atoms with Crippen molar-refractivity contribution in [3.05, 3.63) is 22.2 Å². The molecular formula is C19H22Cl2N6O6S. The van der Waals surface area contributed by atoms with Crippen LogP contribution in [-0.2, 0) is 25.7 Å². The van der Waals surface area contributed by atoms with Crippen molar-refractivity contribution in [1.82, 2.24) is 25.5 Å². The van der Waals surface area contributed by atoms with Crippen LogP contribution in [0.4, 0.5) is 10.5 Å². The van der Waals surface area contributed by atoms with E-state index in [9.17, 15) is 19.2 Å². The Hall–Kier alpha value is -2.90. The van der Waals surface area contributed by atoms with Crippen molar-refractivity contribution in [1.29, 1.82) is 0 Å². The van der Waals surface area contributed by atoms with Crippen LogP contribution >= 0.6 is 35.0 Å². The van der Waals surface area contributed by atoms with Gasteiger partial charge in [0.2, 0.25) is 11.1 Å². The lowest BCUT2D eigenvalue weighted by Gasteiger charge is -2.15. The number of carboxylic acid groups (broad SMARTS) is 1. The minimum Gasteiger partial charge on any atom is -0.481 e. The van der Waals surface area contributed by atoms with Crippen molar-refractivity contribution in [3.63, 3.8) is 0 Å². The Bertz CT molecular complexity index is 1040. The van der Waals surface area contributed by atoms with Gasteiger partial charge in [0.05, 0.1) is 28.0 Å². The minimum absolute atomic E-state index is 0.116. The van der Waals surface area contributed by atoms with E-state index in [0.717, 1.165) is 23.0 Å². The van der Waals surface area contributed by atoms with Gasteiger partial charge in [-0.25, -0.2) is 4.79 Å². The highest BCUT2D eigenvalue weighted by molar-refractivity contribution is 7.99. The first-order valence-corrected chi connectivity index (χ1v) is 11.6. The van der Waals surface area contributed by atoms with Crippen LogP contribution in [0.25, 0.3) is 0 Å². The van der Waals surface area contributed by atoms with Crippen LogP contribution in [0, 0.1) is 0 Å². The van der Waals surface area contributed by atoms with Gasteiger partial charge in [0.15, 0.2) is 5.78 Å². The highest BCUT2D eigenvalue weighted by Crippen LogP contribution is 2.39. The molecular weight excluding hydrogens is 511 g/mol. The summed E-state index contributed by atoms with van der Waals surface area (Å²) in [5, 5.41) is 26.1. The first-order valence-electron chi connectivity index (χ1n) is 9.99. The molecule has 2 aromatic rings. The Morgan fingerprint density at radius 3 is 2.50 bits per heavy atom. The van der Waals surface area contributed by atoms with Crippen LogP contribution in [0.1, 0.15) is 33.1 Å². The average molecular weight is 533 g/mol. The summed E-state index contributed by atoms with van der Waals surface area (Å²) in [6, 6.07) is 1.68. The number of hydrogen-bond donors (Lipinski definition) is 3. The summed E-state index contributed by atoms with van der Waals surface area (Å²) in [6.07, 6.45) is -0.0796. The Kier molecular flexibility index (Phi) is 10.5. The summed E-state index contributed by atoms with van der Waals surface area (Å²) in [5.74, 6) is -2.21. The number of benzene rings is 1. The summed E-state index contributed by atoms with van der Waals surface area (Å²) in [7, 11) is 0. The number of hydrogen-bond acceptors (Lipinski definition) is 9. The van der Waals surface area contributed by atoms with Crippen molar-refractivity contribution in [2.45, 2.75) is 55.7 Å². The molecule has 34 heavy (non-hydrogen) atoms. The number of halogens is 2. The predicted molar refractivity (Wildman–Crippen MR) is 123 cm³/mol. The molecule has 0 radical (unpaired) electrons. The van der Waals surface area contributed by atoms with Gasteiger partial charge in [-0.1, -0.05) is 36.5 Å². The molecule has 184 valence electrons. The third-order valence-electron chi connectivity index (χ3n) is 4.03. The molecule has 0 aliphatic rings.